The molecule has 2 aromatic carbocycles. The van der Waals surface area contributed by atoms with Crippen molar-refractivity contribution >= 4 is 11.6 Å². The molecule has 92 valence electrons. The van der Waals surface area contributed by atoms with Gasteiger partial charge < -0.3 is 10.4 Å². The van der Waals surface area contributed by atoms with Crippen LogP contribution in [0.25, 0.3) is 0 Å². The van der Waals surface area contributed by atoms with Crippen LogP contribution in [0.2, 0.25) is 5.02 Å². The van der Waals surface area contributed by atoms with Gasteiger partial charge in [0.2, 0.25) is 0 Å². The van der Waals surface area contributed by atoms with Crippen molar-refractivity contribution in [1.82, 2.24) is 5.32 Å². The summed E-state index contributed by atoms with van der Waals surface area (Å²) in [5.41, 5.74) is 3.40. The van der Waals surface area contributed by atoms with Gasteiger partial charge in [0.15, 0.2) is 0 Å². The van der Waals surface area contributed by atoms with Gasteiger partial charge in [0.1, 0.15) is 5.75 Å². The molecule has 0 bridgehead atoms. The van der Waals surface area contributed by atoms with Crippen molar-refractivity contribution in [3.05, 3.63) is 64.2 Å². The van der Waals surface area contributed by atoms with Crippen molar-refractivity contribution in [3.63, 3.8) is 0 Å². The van der Waals surface area contributed by atoms with Gasteiger partial charge >= 0.3 is 0 Å². The van der Waals surface area contributed by atoms with E-state index in [0.29, 0.717) is 5.02 Å². The molecule has 0 fully saturated rings. The third kappa shape index (κ3) is 1.98. The van der Waals surface area contributed by atoms with Gasteiger partial charge in [0.05, 0.1) is 6.04 Å². The Morgan fingerprint density at radius 3 is 2.83 bits per heavy atom. The molecule has 1 aliphatic rings. The third-order valence-corrected chi connectivity index (χ3v) is 3.64. The summed E-state index contributed by atoms with van der Waals surface area (Å²) in [6.07, 6.45) is 1.02. The van der Waals surface area contributed by atoms with Gasteiger partial charge in [-0.05, 0) is 35.7 Å². The van der Waals surface area contributed by atoms with Crippen LogP contribution in [0, 0.1) is 0 Å². The Kier molecular flexibility index (Phi) is 2.98. The quantitative estimate of drug-likeness (QED) is 0.824. The summed E-state index contributed by atoms with van der Waals surface area (Å²) in [6, 6.07) is 13.5. The maximum atomic E-state index is 10.0. The summed E-state index contributed by atoms with van der Waals surface area (Å²) in [7, 11) is 0. The lowest BCUT2D eigenvalue weighted by atomic mass is 9.89. The molecule has 0 spiro atoms. The standard InChI is InChI=1S/C15H14ClNO/c16-11-5-6-14(18)13(9-11)15-12-4-2-1-3-10(12)7-8-17-15/h1-6,9,15,17-18H,7-8H2. The lowest BCUT2D eigenvalue weighted by Gasteiger charge is -2.27. The molecule has 0 aromatic heterocycles. The molecule has 0 amide bonds. The zero-order chi connectivity index (χ0) is 12.5. The highest BCUT2D eigenvalue weighted by molar-refractivity contribution is 6.30. The van der Waals surface area contributed by atoms with E-state index in [4.69, 9.17) is 11.6 Å². The first-order chi connectivity index (χ1) is 8.75. The van der Waals surface area contributed by atoms with E-state index >= 15 is 0 Å². The predicted molar refractivity (Wildman–Crippen MR) is 73.1 cm³/mol. The molecule has 1 unspecified atom stereocenters. The summed E-state index contributed by atoms with van der Waals surface area (Å²) < 4.78 is 0. The molecule has 1 heterocycles. The molecule has 2 nitrogen and oxygen atoms in total. The molecule has 1 atom stereocenters. The van der Waals surface area contributed by atoms with E-state index in [-0.39, 0.29) is 11.8 Å². The SMILES string of the molecule is Oc1ccc(Cl)cc1C1NCCc2ccccc21. The lowest BCUT2D eigenvalue weighted by Crippen LogP contribution is -2.30. The van der Waals surface area contributed by atoms with Gasteiger partial charge in [-0.3, -0.25) is 0 Å². The van der Waals surface area contributed by atoms with Crippen LogP contribution in [-0.2, 0) is 6.42 Å². The molecule has 0 saturated carbocycles. The van der Waals surface area contributed by atoms with E-state index in [0.717, 1.165) is 18.5 Å². The van der Waals surface area contributed by atoms with Gasteiger partial charge in [0, 0.05) is 17.1 Å². The number of nitrogens with one attached hydrogen (secondary N) is 1. The summed E-state index contributed by atoms with van der Waals surface area (Å²) in [5, 5.41) is 14.1. The molecule has 18 heavy (non-hydrogen) atoms. The summed E-state index contributed by atoms with van der Waals surface area (Å²) in [4.78, 5) is 0. The number of phenolic OH excluding ortho intramolecular Hbond substituents is 1. The van der Waals surface area contributed by atoms with Gasteiger partial charge in [-0.15, -0.1) is 0 Å². The topological polar surface area (TPSA) is 32.3 Å². The largest absolute Gasteiger partial charge is 0.508 e. The second-order valence-corrected chi connectivity index (χ2v) is 4.98. The third-order valence-electron chi connectivity index (χ3n) is 3.41. The fourth-order valence-corrected chi connectivity index (χ4v) is 2.72. The van der Waals surface area contributed by atoms with Gasteiger partial charge in [0.25, 0.3) is 0 Å². The Hall–Kier alpha value is -1.51. The van der Waals surface area contributed by atoms with Crippen LogP contribution < -0.4 is 5.32 Å². The summed E-state index contributed by atoms with van der Waals surface area (Å²) >= 11 is 6.02. The Labute approximate surface area is 111 Å². The second kappa shape index (κ2) is 4.63. The summed E-state index contributed by atoms with van der Waals surface area (Å²) in [6.45, 7) is 0.910. The van der Waals surface area contributed by atoms with E-state index in [2.05, 4.69) is 23.5 Å². The number of phenols is 1. The van der Waals surface area contributed by atoms with Crippen LogP contribution >= 0.6 is 11.6 Å². The summed E-state index contributed by atoms with van der Waals surface area (Å²) in [5.74, 6) is 0.286. The first-order valence-corrected chi connectivity index (χ1v) is 6.43. The molecule has 0 saturated heterocycles. The molecule has 3 rings (SSSR count). The van der Waals surface area contributed by atoms with E-state index < -0.39 is 0 Å². The first kappa shape index (κ1) is 11.6. The molecule has 3 heteroatoms. The monoisotopic (exact) mass is 259 g/mol. The van der Waals surface area contributed by atoms with Crippen molar-refractivity contribution in [2.45, 2.75) is 12.5 Å². The fourth-order valence-electron chi connectivity index (χ4n) is 2.54. The number of fused-ring (bicyclic) bond motifs is 1. The van der Waals surface area contributed by atoms with E-state index in [1.807, 2.05) is 12.1 Å². The van der Waals surface area contributed by atoms with Crippen LogP contribution in [0.15, 0.2) is 42.5 Å². The van der Waals surface area contributed by atoms with Crippen LogP contribution in [0.3, 0.4) is 0 Å². The number of hydrogen-bond donors (Lipinski definition) is 2. The van der Waals surface area contributed by atoms with Crippen molar-refractivity contribution in [2.24, 2.45) is 0 Å². The lowest BCUT2D eigenvalue weighted by molar-refractivity contribution is 0.454. The Bertz CT molecular complexity index is 582. The van der Waals surface area contributed by atoms with Gasteiger partial charge in [-0.25, -0.2) is 0 Å². The maximum Gasteiger partial charge on any atom is 0.120 e. The Balaban J connectivity index is 2.11. The number of halogens is 1. The molecular weight excluding hydrogens is 246 g/mol. The van der Waals surface area contributed by atoms with Crippen molar-refractivity contribution in [2.75, 3.05) is 6.54 Å². The average Bonchev–Trinajstić information content (AvgIpc) is 2.41. The minimum atomic E-state index is 0.0219. The number of hydrogen-bond acceptors (Lipinski definition) is 2. The Morgan fingerprint density at radius 2 is 1.94 bits per heavy atom. The van der Waals surface area contributed by atoms with Gasteiger partial charge in [-0.2, -0.15) is 0 Å². The van der Waals surface area contributed by atoms with E-state index in [1.165, 1.54) is 11.1 Å². The highest BCUT2D eigenvalue weighted by atomic mass is 35.5. The van der Waals surface area contributed by atoms with Crippen LogP contribution in [-0.4, -0.2) is 11.7 Å². The minimum absolute atomic E-state index is 0.0219. The highest BCUT2D eigenvalue weighted by Gasteiger charge is 2.23. The minimum Gasteiger partial charge on any atom is -0.508 e. The molecule has 0 aliphatic carbocycles. The molecule has 2 N–H and O–H groups in total. The van der Waals surface area contributed by atoms with Crippen molar-refractivity contribution in [3.8, 4) is 5.75 Å². The van der Waals surface area contributed by atoms with Crippen LogP contribution in [0.4, 0.5) is 0 Å². The highest BCUT2D eigenvalue weighted by Crippen LogP contribution is 2.34. The zero-order valence-electron chi connectivity index (χ0n) is 9.86. The van der Waals surface area contributed by atoms with E-state index in [9.17, 15) is 5.11 Å². The number of rotatable bonds is 1. The maximum absolute atomic E-state index is 10.0. The fraction of sp³-hybridized carbons (Fsp3) is 0.200. The number of benzene rings is 2. The Morgan fingerprint density at radius 1 is 1.11 bits per heavy atom. The molecule has 2 aromatic rings. The predicted octanol–water partition coefficient (Wildman–Crippen LogP) is 3.28. The molecule has 1 aliphatic heterocycles. The second-order valence-electron chi connectivity index (χ2n) is 4.54. The van der Waals surface area contributed by atoms with E-state index in [1.54, 1.807) is 12.1 Å². The number of aromatic hydroxyl groups is 1. The molecular formula is C15H14ClNO. The van der Waals surface area contributed by atoms with Gasteiger partial charge in [-0.1, -0.05) is 35.9 Å². The van der Waals surface area contributed by atoms with Crippen molar-refractivity contribution < 1.29 is 5.11 Å². The smallest absolute Gasteiger partial charge is 0.120 e. The molecule has 0 radical (unpaired) electrons. The first-order valence-electron chi connectivity index (χ1n) is 6.05. The zero-order valence-corrected chi connectivity index (χ0v) is 10.6. The normalized spacial score (nSPS) is 18.4. The van der Waals surface area contributed by atoms with Crippen LogP contribution in [0.1, 0.15) is 22.7 Å². The average molecular weight is 260 g/mol. The van der Waals surface area contributed by atoms with Crippen molar-refractivity contribution in [1.29, 1.82) is 0 Å². The van der Waals surface area contributed by atoms with Crippen LogP contribution in [0.5, 0.6) is 5.75 Å².